The van der Waals surface area contributed by atoms with Crippen molar-refractivity contribution in [3.8, 4) is 0 Å². The van der Waals surface area contributed by atoms with Crippen molar-refractivity contribution >= 4 is 39.5 Å². The fraction of sp³-hybridized carbons (Fsp3) is 0.940. The van der Waals surface area contributed by atoms with Gasteiger partial charge >= 0.3 is 39.5 Å². The summed E-state index contributed by atoms with van der Waals surface area (Å²) in [7, 11) is -9.90. The maximum atomic E-state index is 13.0. The molecule has 0 aromatic carbocycles. The Morgan fingerprint density at radius 3 is 0.826 bits per heavy atom. The van der Waals surface area contributed by atoms with E-state index in [2.05, 4.69) is 55.4 Å². The van der Waals surface area contributed by atoms with E-state index in [1.54, 1.807) is 0 Å². The van der Waals surface area contributed by atoms with E-state index in [-0.39, 0.29) is 25.7 Å². The molecule has 0 rings (SSSR count). The average Bonchev–Trinajstić information content (AvgIpc) is 3.66. The highest BCUT2D eigenvalue weighted by molar-refractivity contribution is 7.47. The van der Waals surface area contributed by atoms with E-state index in [0.29, 0.717) is 25.7 Å². The van der Waals surface area contributed by atoms with Gasteiger partial charge in [0.2, 0.25) is 0 Å². The predicted molar refractivity (Wildman–Crippen MR) is 344 cm³/mol. The first-order valence-electron chi connectivity index (χ1n) is 34.7. The van der Waals surface area contributed by atoms with Gasteiger partial charge in [-0.25, -0.2) is 9.13 Å². The molecule has 510 valence electrons. The van der Waals surface area contributed by atoms with Gasteiger partial charge in [0.05, 0.1) is 26.4 Å². The number of hydrogen-bond acceptors (Lipinski definition) is 15. The van der Waals surface area contributed by atoms with E-state index in [4.69, 9.17) is 37.0 Å². The van der Waals surface area contributed by atoms with Gasteiger partial charge < -0.3 is 33.8 Å². The lowest BCUT2D eigenvalue weighted by Gasteiger charge is -2.21. The largest absolute Gasteiger partial charge is 0.472 e. The summed E-state index contributed by atoms with van der Waals surface area (Å²) in [6.07, 6.45) is 37.6. The van der Waals surface area contributed by atoms with Crippen molar-refractivity contribution in [3.05, 3.63) is 0 Å². The maximum Gasteiger partial charge on any atom is 0.472 e. The first-order chi connectivity index (χ1) is 41.1. The molecule has 0 fully saturated rings. The van der Waals surface area contributed by atoms with Crippen LogP contribution in [0.4, 0.5) is 0 Å². The SMILES string of the molecule is CCC(C)CCCCCCCCCCC(=O)OC[C@H](COP(=O)(O)OCC(O)COP(=O)(O)OC[C@@H](COC(=O)CCCCCCCCCCC(C)C)OC(=O)CCCCCCCCCCCC(C)C)OC(=O)CCCCCCCCCCC(C)C. The molecule has 4 unspecified atom stereocenters. The lowest BCUT2D eigenvalue weighted by molar-refractivity contribution is -0.161. The van der Waals surface area contributed by atoms with Gasteiger partial charge in [0.15, 0.2) is 12.2 Å². The van der Waals surface area contributed by atoms with Crippen LogP contribution in [0.2, 0.25) is 0 Å². The van der Waals surface area contributed by atoms with Crippen LogP contribution >= 0.6 is 15.6 Å². The number of phosphoric acid groups is 2. The molecule has 0 aromatic heterocycles. The summed E-state index contributed by atoms with van der Waals surface area (Å²) in [5, 5.41) is 10.6. The number of esters is 4. The first kappa shape index (κ1) is 84.1. The standard InChI is InChI=1S/C67H130O17P2/c1-9-60(8)46-38-30-22-15-18-24-32-40-48-65(70)78-54-63(84-67(72)50-42-34-26-17-14-21-29-37-45-59(6)7)56-82-86(75,76)80-52-61(68)51-79-85(73,74)81-55-62(53-77-64(69)47-39-31-23-16-13-20-28-36-44-58(4)5)83-66(71)49-41-33-25-12-10-11-19-27-35-43-57(2)3/h57-63,68H,9-56H2,1-8H3,(H,73,74)(H,75,76)/t60?,61?,62-,63-/m1/s1. The zero-order chi connectivity index (χ0) is 63.9. The highest BCUT2D eigenvalue weighted by Crippen LogP contribution is 2.45. The molecule has 86 heavy (non-hydrogen) atoms. The minimum atomic E-state index is -4.95. The third kappa shape index (κ3) is 59.7. The van der Waals surface area contributed by atoms with Gasteiger partial charge in [-0.1, -0.05) is 274 Å². The smallest absolute Gasteiger partial charge is 0.462 e. The zero-order valence-corrected chi connectivity index (χ0v) is 57.7. The summed E-state index contributed by atoms with van der Waals surface area (Å²) in [5.74, 6) is 0.823. The van der Waals surface area contributed by atoms with Crippen LogP contribution in [0.15, 0.2) is 0 Å². The second-order valence-corrected chi connectivity index (χ2v) is 28.8. The molecule has 0 bridgehead atoms. The van der Waals surface area contributed by atoms with Gasteiger partial charge in [-0.15, -0.1) is 0 Å². The third-order valence-corrected chi connectivity index (χ3v) is 17.6. The Bertz CT molecular complexity index is 1720. The van der Waals surface area contributed by atoms with E-state index in [1.165, 1.54) is 128 Å². The van der Waals surface area contributed by atoms with E-state index < -0.39 is 97.5 Å². The zero-order valence-electron chi connectivity index (χ0n) is 55.9. The van der Waals surface area contributed by atoms with Crippen molar-refractivity contribution in [2.45, 2.75) is 343 Å². The molecule has 0 heterocycles. The second kappa shape index (κ2) is 57.0. The number of phosphoric ester groups is 2. The fourth-order valence-electron chi connectivity index (χ4n) is 9.93. The van der Waals surface area contributed by atoms with Gasteiger partial charge in [0, 0.05) is 25.7 Å². The topological polar surface area (TPSA) is 237 Å². The molecule has 0 amide bonds. The summed E-state index contributed by atoms with van der Waals surface area (Å²) in [6, 6.07) is 0. The lowest BCUT2D eigenvalue weighted by Crippen LogP contribution is -2.30. The molecular formula is C67H130O17P2. The Labute approximate surface area is 524 Å². The summed E-state index contributed by atoms with van der Waals surface area (Å²) in [5.41, 5.74) is 0. The van der Waals surface area contributed by atoms with Gasteiger partial charge in [0.1, 0.15) is 19.3 Å². The van der Waals surface area contributed by atoms with Crippen LogP contribution in [0.5, 0.6) is 0 Å². The number of aliphatic hydroxyl groups excluding tert-OH is 1. The summed E-state index contributed by atoms with van der Waals surface area (Å²) in [6.45, 7) is 14.0. The number of carbonyl (C=O) groups excluding carboxylic acids is 4. The van der Waals surface area contributed by atoms with Crippen LogP contribution in [0.3, 0.4) is 0 Å². The van der Waals surface area contributed by atoms with Crippen LogP contribution < -0.4 is 0 Å². The van der Waals surface area contributed by atoms with Crippen molar-refractivity contribution in [2.75, 3.05) is 39.6 Å². The normalized spacial score (nSPS) is 14.7. The second-order valence-electron chi connectivity index (χ2n) is 25.9. The van der Waals surface area contributed by atoms with Crippen molar-refractivity contribution in [2.24, 2.45) is 23.7 Å². The van der Waals surface area contributed by atoms with Gasteiger partial charge in [-0.2, -0.15) is 0 Å². The van der Waals surface area contributed by atoms with Crippen LogP contribution in [-0.4, -0.2) is 96.7 Å². The van der Waals surface area contributed by atoms with Crippen LogP contribution in [0, 0.1) is 23.7 Å². The van der Waals surface area contributed by atoms with E-state index in [1.807, 2.05) is 0 Å². The van der Waals surface area contributed by atoms with Crippen LogP contribution in [0.1, 0.15) is 325 Å². The Morgan fingerprint density at radius 2 is 0.558 bits per heavy atom. The number of aliphatic hydroxyl groups is 1. The molecule has 3 N–H and O–H groups in total. The molecule has 17 nitrogen and oxygen atoms in total. The Balaban J connectivity index is 5.27. The number of ether oxygens (including phenoxy) is 4. The molecular weight excluding hydrogens is 1140 g/mol. The summed E-state index contributed by atoms with van der Waals surface area (Å²) < 4.78 is 68.1. The maximum absolute atomic E-state index is 13.0. The summed E-state index contributed by atoms with van der Waals surface area (Å²) >= 11 is 0. The average molecular weight is 1270 g/mol. The molecule has 0 aliphatic rings. The molecule has 0 aliphatic carbocycles. The van der Waals surface area contributed by atoms with Gasteiger partial charge in [-0.3, -0.25) is 37.3 Å². The van der Waals surface area contributed by atoms with E-state index in [9.17, 15) is 43.2 Å². The van der Waals surface area contributed by atoms with Gasteiger partial charge in [0.25, 0.3) is 0 Å². The minimum Gasteiger partial charge on any atom is -0.462 e. The summed E-state index contributed by atoms with van der Waals surface area (Å²) in [4.78, 5) is 72.4. The number of rotatable bonds is 64. The van der Waals surface area contributed by atoms with E-state index >= 15 is 0 Å². The van der Waals surface area contributed by atoms with Crippen LogP contribution in [-0.2, 0) is 65.4 Å². The van der Waals surface area contributed by atoms with Crippen molar-refractivity contribution in [1.29, 1.82) is 0 Å². The lowest BCUT2D eigenvalue weighted by atomic mass is 9.99. The van der Waals surface area contributed by atoms with Crippen molar-refractivity contribution in [1.82, 2.24) is 0 Å². The van der Waals surface area contributed by atoms with E-state index in [0.717, 1.165) is 114 Å². The number of carbonyl (C=O) groups is 4. The number of unbranched alkanes of at least 4 members (excludes halogenated alkanes) is 29. The Morgan fingerprint density at radius 1 is 0.326 bits per heavy atom. The highest BCUT2D eigenvalue weighted by Gasteiger charge is 2.30. The molecule has 0 saturated carbocycles. The monoisotopic (exact) mass is 1270 g/mol. The molecule has 0 aromatic rings. The molecule has 0 saturated heterocycles. The molecule has 0 radical (unpaired) electrons. The third-order valence-electron chi connectivity index (χ3n) is 15.7. The number of hydrogen-bond donors (Lipinski definition) is 3. The minimum absolute atomic E-state index is 0.103. The molecule has 0 aliphatic heterocycles. The molecule has 6 atom stereocenters. The first-order valence-corrected chi connectivity index (χ1v) is 37.7. The molecule has 0 spiro atoms. The Kier molecular flexibility index (Phi) is 55.7. The molecule has 19 heteroatoms. The van der Waals surface area contributed by atoms with Gasteiger partial charge in [-0.05, 0) is 49.4 Å². The van der Waals surface area contributed by atoms with Crippen molar-refractivity contribution < 1.29 is 80.2 Å². The van der Waals surface area contributed by atoms with Crippen molar-refractivity contribution in [3.63, 3.8) is 0 Å². The fourth-order valence-corrected chi connectivity index (χ4v) is 11.5. The predicted octanol–water partition coefficient (Wildman–Crippen LogP) is 18.5. The highest BCUT2D eigenvalue weighted by atomic mass is 31.2. The van der Waals surface area contributed by atoms with Crippen LogP contribution in [0.25, 0.3) is 0 Å². The quantitative estimate of drug-likeness (QED) is 0.0222. The Hall–Kier alpha value is -1.94.